The second-order valence-electron chi connectivity index (χ2n) is 6.65. The molecule has 3 atom stereocenters. The summed E-state index contributed by atoms with van der Waals surface area (Å²) >= 11 is 0. The maximum atomic E-state index is 10.0. The predicted molar refractivity (Wildman–Crippen MR) is 81.3 cm³/mol. The van der Waals surface area contributed by atoms with Crippen molar-refractivity contribution in [3.8, 4) is 0 Å². The first kappa shape index (κ1) is 15.0. The summed E-state index contributed by atoms with van der Waals surface area (Å²) in [5, 5.41) is 14.6. The first-order chi connectivity index (χ1) is 10.0. The van der Waals surface area contributed by atoms with E-state index >= 15 is 0 Å². The van der Waals surface area contributed by atoms with Crippen LogP contribution in [0.3, 0.4) is 0 Å². The Hall–Kier alpha value is -0.910. The molecule has 1 saturated heterocycles. The monoisotopic (exact) mass is 293 g/mol. The first-order valence-electron chi connectivity index (χ1n) is 8.02. The normalized spacial score (nSPS) is 33.3. The van der Waals surface area contributed by atoms with E-state index in [0.717, 1.165) is 51.0 Å². The van der Waals surface area contributed by atoms with Crippen LogP contribution >= 0.6 is 0 Å². The summed E-state index contributed by atoms with van der Waals surface area (Å²) in [5.41, 5.74) is 2.26. The van der Waals surface area contributed by atoms with Gasteiger partial charge in [0.15, 0.2) is 0 Å². The SMILES string of the molecule is CO[C@@]12CC[C@@H](O)C[C@@H]1N(CCn1nc(C)cc1C)CC2. The van der Waals surface area contributed by atoms with E-state index in [1.54, 1.807) is 0 Å². The van der Waals surface area contributed by atoms with E-state index in [-0.39, 0.29) is 11.7 Å². The number of rotatable bonds is 4. The standard InChI is InChI=1S/C16H27N3O2/c1-12-10-13(2)19(17-12)9-8-18-7-6-16(21-3)5-4-14(20)11-15(16)18/h10,14-15,20H,4-9,11H2,1-3H3/t14-,15+,16-/m1/s1. The van der Waals surface area contributed by atoms with Crippen LogP contribution in [0.25, 0.3) is 0 Å². The number of nitrogens with zero attached hydrogens (tertiary/aromatic N) is 3. The molecule has 21 heavy (non-hydrogen) atoms. The number of aliphatic hydroxyl groups excluding tert-OH is 1. The molecule has 0 unspecified atom stereocenters. The fourth-order valence-electron chi connectivity index (χ4n) is 4.16. The van der Waals surface area contributed by atoms with E-state index in [4.69, 9.17) is 4.74 Å². The summed E-state index contributed by atoms with van der Waals surface area (Å²) in [5.74, 6) is 0. The number of hydrogen-bond acceptors (Lipinski definition) is 4. The number of aliphatic hydroxyl groups is 1. The van der Waals surface area contributed by atoms with Crippen molar-refractivity contribution in [3.63, 3.8) is 0 Å². The Morgan fingerprint density at radius 3 is 2.86 bits per heavy atom. The average molecular weight is 293 g/mol. The summed E-state index contributed by atoms with van der Waals surface area (Å²) in [6.45, 7) is 7.08. The lowest BCUT2D eigenvalue weighted by atomic mass is 9.79. The lowest BCUT2D eigenvalue weighted by molar-refractivity contribution is -0.0871. The number of methoxy groups -OCH3 is 1. The first-order valence-corrected chi connectivity index (χ1v) is 8.02. The van der Waals surface area contributed by atoms with Crippen molar-refractivity contribution >= 4 is 0 Å². The predicted octanol–water partition coefficient (Wildman–Crippen LogP) is 1.50. The number of fused-ring (bicyclic) bond motifs is 1. The summed E-state index contributed by atoms with van der Waals surface area (Å²) in [6.07, 6.45) is 3.59. The van der Waals surface area contributed by atoms with Gasteiger partial charge in [-0.3, -0.25) is 9.58 Å². The zero-order chi connectivity index (χ0) is 15.0. The van der Waals surface area contributed by atoms with Crippen LogP contribution in [0.1, 0.15) is 37.1 Å². The average Bonchev–Trinajstić information content (AvgIpc) is 2.97. The molecule has 1 aromatic heterocycles. The van der Waals surface area contributed by atoms with Crippen LogP contribution in [0.15, 0.2) is 6.07 Å². The largest absolute Gasteiger partial charge is 0.393 e. The Bertz CT molecular complexity index is 502. The van der Waals surface area contributed by atoms with Gasteiger partial charge in [0.2, 0.25) is 0 Å². The number of hydrogen-bond donors (Lipinski definition) is 1. The topological polar surface area (TPSA) is 50.5 Å². The van der Waals surface area contributed by atoms with Crippen LogP contribution < -0.4 is 0 Å². The van der Waals surface area contributed by atoms with E-state index < -0.39 is 0 Å². The highest BCUT2D eigenvalue weighted by molar-refractivity contribution is 5.07. The van der Waals surface area contributed by atoms with E-state index in [1.165, 1.54) is 5.69 Å². The summed E-state index contributed by atoms with van der Waals surface area (Å²) < 4.78 is 7.97. The van der Waals surface area contributed by atoms with Gasteiger partial charge in [0, 0.05) is 31.9 Å². The molecule has 1 aliphatic heterocycles. The molecule has 0 amide bonds. The maximum Gasteiger partial charge on any atom is 0.0847 e. The second-order valence-corrected chi connectivity index (χ2v) is 6.65. The minimum atomic E-state index is -0.174. The van der Waals surface area contributed by atoms with Crippen LogP contribution in [0.4, 0.5) is 0 Å². The minimum absolute atomic E-state index is 0.0334. The van der Waals surface area contributed by atoms with Gasteiger partial charge in [-0.1, -0.05) is 0 Å². The number of aryl methyl sites for hydroxylation is 2. The number of ether oxygens (including phenoxy) is 1. The molecule has 2 aliphatic rings. The summed E-state index contributed by atoms with van der Waals surface area (Å²) in [4.78, 5) is 2.49. The highest BCUT2D eigenvalue weighted by Crippen LogP contribution is 2.42. The molecule has 1 aromatic rings. The fourth-order valence-corrected chi connectivity index (χ4v) is 4.16. The minimum Gasteiger partial charge on any atom is -0.393 e. The molecule has 1 saturated carbocycles. The Morgan fingerprint density at radius 2 is 2.19 bits per heavy atom. The van der Waals surface area contributed by atoms with E-state index in [2.05, 4.69) is 27.7 Å². The quantitative estimate of drug-likeness (QED) is 0.914. The van der Waals surface area contributed by atoms with Gasteiger partial charge < -0.3 is 9.84 Å². The van der Waals surface area contributed by atoms with Gasteiger partial charge in [-0.2, -0.15) is 5.10 Å². The van der Waals surface area contributed by atoms with E-state index in [9.17, 15) is 5.11 Å². The van der Waals surface area contributed by atoms with Crippen LogP contribution in [0.5, 0.6) is 0 Å². The summed E-state index contributed by atoms with van der Waals surface area (Å²) in [7, 11) is 1.83. The maximum absolute atomic E-state index is 10.0. The second kappa shape index (κ2) is 5.71. The molecule has 3 rings (SSSR count). The van der Waals surface area contributed by atoms with Crippen molar-refractivity contribution in [1.82, 2.24) is 14.7 Å². The van der Waals surface area contributed by atoms with Crippen LogP contribution in [-0.4, -0.2) is 57.7 Å². The van der Waals surface area contributed by atoms with Gasteiger partial charge in [0.05, 0.1) is 23.9 Å². The third kappa shape index (κ3) is 2.74. The molecular weight excluding hydrogens is 266 g/mol. The Balaban J connectivity index is 1.67. The van der Waals surface area contributed by atoms with Gasteiger partial charge in [-0.15, -0.1) is 0 Å². The molecule has 1 N–H and O–H groups in total. The molecule has 5 heteroatoms. The Labute approximate surface area is 126 Å². The molecule has 1 aliphatic carbocycles. The molecule has 5 nitrogen and oxygen atoms in total. The molecular formula is C16H27N3O2. The highest BCUT2D eigenvalue weighted by Gasteiger charge is 2.50. The van der Waals surface area contributed by atoms with Crippen LogP contribution in [0, 0.1) is 13.8 Å². The molecule has 118 valence electrons. The van der Waals surface area contributed by atoms with Crippen molar-refractivity contribution in [1.29, 1.82) is 0 Å². The van der Waals surface area contributed by atoms with Gasteiger partial charge in [-0.25, -0.2) is 0 Å². The van der Waals surface area contributed by atoms with E-state index in [0.29, 0.717) is 6.04 Å². The van der Waals surface area contributed by atoms with Crippen LogP contribution in [0.2, 0.25) is 0 Å². The van der Waals surface area contributed by atoms with Gasteiger partial charge in [-0.05, 0) is 45.6 Å². The van der Waals surface area contributed by atoms with Crippen molar-refractivity contribution in [2.24, 2.45) is 0 Å². The molecule has 0 aromatic carbocycles. The number of likely N-dealkylation sites (tertiary alicyclic amines) is 1. The highest BCUT2D eigenvalue weighted by atomic mass is 16.5. The Morgan fingerprint density at radius 1 is 1.38 bits per heavy atom. The van der Waals surface area contributed by atoms with Crippen molar-refractivity contribution in [3.05, 3.63) is 17.5 Å². The fraction of sp³-hybridized carbons (Fsp3) is 0.812. The van der Waals surface area contributed by atoms with Crippen molar-refractivity contribution in [2.75, 3.05) is 20.2 Å². The third-order valence-corrected chi connectivity index (χ3v) is 5.38. The lowest BCUT2D eigenvalue weighted by Gasteiger charge is -2.42. The van der Waals surface area contributed by atoms with E-state index in [1.807, 2.05) is 14.0 Å². The smallest absolute Gasteiger partial charge is 0.0847 e. The third-order valence-electron chi connectivity index (χ3n) is 5.38. The van der Waals surface area contributed by atoms with Crippen molar-refractivity contribution < 1.29 is 9.84 Å². The lowest BCUT2D eigenvalue weighted by Crippen LogP contribution is -2.51. The number of aromatic nitrogens is 2. The van der Waals surface area contributed by atoms with Crippen LogP contribution in [-0.2, 0) is 11.3 Å². The zero-order valence-corrected chi connectivity index (χ0v) is 13.4. The van der Waals surface area contributed by atoms with Crippen molar-refractivity contribution in [2.45, 2.75) is 63.8 Å². The molecule has 0 bridgehead atoms. The zero-order valence-electron chi connectivity index (χ0n) is 13.4. The summed E-state index contributed by atoms with van der Waals surface area (Å²) in [6, 6.07) is 2.47. The molecule has 0 radical (unpaired) electrons. The van der Waals surface area contributed by atoms with Gasteiger partial charge in [0.1, 0.15) is 0 Å². The Kier molecular flexibility index (Phi) is 4.08. The van der Waals surface area contributed by atoms with Gasteiger partial charge >= 0.3 is 0 Å². The van der Waals surface area contributed by atoms with Gasteiger partial charge in [0.25, 0.3) is 0 Å². The molecule has 2 fully saturated rings. The molecule has 2 heterocycles. The molecule has 0 spiro atoms.